The monoisotopic (exact) mass is 465 g/mol. The van der Waals surface area contributed by atoms with Crippen molar-refractivity contribution in [1.82, 2.24) is 0 Å². The summed E-state index contributed by atoms with van der Waals surface area (Å²) in [4.78, 5) is 0. The molecule has 0 spiro atoms. The van der Waals surface area contributed by atoms with Crippen LogP contribution in [0.2, 0.25) is 0 Å². The molecule has 0 radical (unpaired) electrons. The zero-order valence-electron chi connectivity index (χ0n) is 20.4. The summed E-state index contributed by atoms with van der Waals surface area (Å²) < 4.78 is 12.2. The quantitative estimate of drug-likeness (QED) is 0.425. The van der Waals surface area contributed by atoms with E-state index in [4.69, 9.17) is 9.47 Å². The van der Waals surface area contributed by atoms with E-state index in [0.29, 0.717) is 24.5 Å². The molecule has 3 aromatic carbocycles. The van der Waals surface area contributed by atoms with Crippen LogP contribution in [-0.2, 0) is 12.0 Å². The largest absolute Gasteiger partial charge is 0.454 e. The fourth-order valence-electron chi connectivity index (χ4n) is 7.22. The third kappa shape index (κ3) is 3.98. The van der Waals surface area contributed by atoms with Crippen LogP contribution < -0.4 is 9.47 Å². The van der Waals surface area contributed by atoms with E-state index in [1.54, 1.807) is 0 Å². The molecule has 178 valence electrons. The fourth-order valence-corrected chi connectivity index (χ4v) is 7.22. The van der Waals surface area contributed by atoms with Crippen LogP contribution in [0.1, 0.15) is 36.0 Å². The fraction of sp³-hybridized carbons (Fsp3) is 0.387. The van der Waals surface area contributed by atoms with Gasteiger partial charge in [0.25, 0.3) is 0 Å². The Bertz CT molecular complexity index is 1180. The van der Waals surface area contributed by atoms with Crippen molar-refractivity contribution >= 4 is 0 Å². The van der Waals surface area contributed by atoms with Crippen LogP contribution >= 0.6 is 0 Å². The second-order valence-corrected chi connectivity index (χ2v) is 11.0. The Balaban J connectivity index is 1.27. The van der Waals surface area contributed by atoms with Crippen molar-refractivity contribution in [2.45, 2.75) is 31.2 Å². The average Bonchev–Trinajstić information content (AvgIpc) is 3.45. The SMILES string of the molecule is C[N+]1(Cc2ccc3c(c2)OCO3)CC2CCC(C1)C2CC(C#N)(c1ccccc1)c1ccccc1. The molecule has 0 amide bonds. The molecule has 3 aromatic rings. The smallest absolute Gasteiger partial charge is 0.231 e. The molecule has 1 aliphatic carbocycles. The van der Waals surface area contributed by atoms with Gasteiger partial charge in [0.2, 0.25) is 6.79 Å². The molecule has 2 aliphatic heterocycles. The topological polar surface area (TPSA) is 42.2 Å². The predicted octanol–water partition coefficient (Wildman–Crippen LogP) is 5.92. The third-order valence-electron chi connectivity index (χ3n) is 8.74. The molecule has 2 atom stereocenters. The Hall–Kier alpha value is -3.29. The molecule has 35 heavy (non-hydrogen) atoms. The molecule has 4 heteroatoms. The van der Waals surface area contributed by atoms with E-state index in [0.717, 1.165) is 40.1 Å². The summed E-state index contributed by atoms with van der Waals surface area (Å²) in [5.74, 6) is 3.58. The van der Waals surface area contributed by atoms with Gasteiger partial charge in [-0.1, -0.05) is 60.7 Å². The normalized spacial score (nSPS) is 26.9. The van der Waals surface area contributed by atoms with E-state index < -0.39 is 5.41 Å². The Kier molecular flexibility index (Phi) is 5.54. The van der Waals surface area contributed by atoms with Gasteiger partial charge >= 0.3 is 0 Å². The number of piperidine rings is 1. The van der Waals surface area contributed by atoms with Crippen LogP contribution in [0.25, 0.3) is 0 Å². The molecule has 1 saturated heterocycles. The number of benzene rings is 3. The molecule has 2 fully saturated rings. The first-order valence-corrected chi connectivity index (χ1v) is 12.8. The lowest BCUT2D eigenvalue weighted by molar-refractivity contribution is -0.933. The number of nitriles is 1. The maximum absolute atomic E-state index is 10.7. The van der Waals surface area contributed by atoms with Crippen LogP contribution in [0.4, 0.5) is 0 Å². The van der Waals surface area contributed by atoms with Crippen LogP contribution in [0, 0.1) is 29.1 Å². The zero-order chi connectivity index (χ0) is 23.9. The van der Waals surface area contributed by atoms with Gasteiger partial charge in [0, 0.05) is 17.4 Å². The minimum Gasteiger partial charge on any atom is -0.454 e. The standard InChI is InChI=1S/C31H33N2O2/c1-33(18-23-12-15-29-30(16-23)35-22-34-29)19-24-13-14-25(20-33)28(24)17-31(21-32,26-8-4-2-5-9-26)27-10-6-3-7-11-27/h2-12,15-16,24-25,28H,13-14,17-20,22H2,1H3/q+1. The molecule has 1 saturated carbocycles. The molecule has 2 heterocycles. The predicted molar refractivity (Wildman–Crippen MR) is 136 cm³/mol. The first kappa shape index (κ1) is 22.2. The second kappa shape index (κ2) is 8.73. The lowest BCUT2D eigenvalue weighted by atomic mass is 9.66. The number of fused-ring (bicyclic) bond motifs is 3. The highest BCUT2D eigenvalue weighted by molar-refractivity contribution is 5.46. The molecule has 0 N–H and O–H groups in total. The maximum Gasteiger partial charge on any atom is 0.231 e. The summed E-state index contributed by atoms with van der Waals surface area (Å²) in [5.41, 5.74) is 2.95. The van der Waals surface area contributed by atoms with Crippen LogP contribution in [0.3, 0.4) is 0 Å². The van der Waals surface area contributed by atoms with Crippen molar-refractivity contribution in [1.29, 1.82) is 5.26 Å². The van der Waals surface area contributed by atoms with Gasteiger partial charge in [-0.15, -0.1) is 0 Å². The molecule has 3 aliphatic rings. The number of hydrogen-bond acceptors (Lipinski definition) is 3. The van der Waals surface area contributed by atoms with E-state index in [2.05, 4.69) is 73.8 Å². The highest BCUT2D eigenvalue weighted by Gasteiger charge is 2.51. The summed E-state index contributed by atoms with van der Waals surface area (Å²) in [6.45, 7) is 3.67. The van der Waals surface area contributed by atoms with Crippen molar-refractivity contribution in [3.8, 4) is 17.6 Å². The number of nitrogens with zero attached hydrogens (tertiary/aromatic N) is 2. The summed E-state index contributed by atoms with van der Waals surface area (Å²) >= 11 is 0. The molecule has 6 rings (SSSR count). The van der Waals surface area contributed by atoms with Gasteiger partial charge in [0.05, 0.1) is 26.2 Å². The molecule has 2 unspecified atom stereocenters. The third-order valence-corrected chi connectivity index (χ3v) is 8.74. The second-order valence-electron chi connectivity index (χ2n) is 11.0. The summed E-state index contributed by atoms with van der Waals surface area (Å²) in [7, 11) is 2.41. The number of rotatable bonds is 6. The van der Waals surface area contributed by atoms with Crippen molar-refractivity contribution in [2.75, 3.05) is 26.9 Å². The maximum atomic E-state index is 10.7. The summed E-state index contributed by atoms with van der Waals surface area (Å²) in [6, 6.07) is 30.1. The Labute approximate surface area is 208 Å². The Morgan fingerprint density at radius 2 is 1.46 bits per heavy atom. The van der Waals surface area contributed by atoms with E-state index >= 15 is 0 Å². The van der Waals surface area contributed by atoms with Gasteiger partial charge in [0.1, 0.15) is 12.0 Å². The van der Waals surface area contributed by atoms with E-state index in [-0.39, 0.29) is 0 Å². The number of quaternary nitrogens is 1. The minimum atomic E-state index is -0.605. The van der Waals surface area contributed by atoms with Gasteiger partial charge in [0.15, 0.2) is 11.5 Å². The number of ether oxygens (including phenoxy) is 2. The zero-order valence-corrected chi connectivity index (χ0v) is 20.4. The molecular weight excluding hydrogens is 432 g/mol. The molecule has 2 bridgehead atoms. The highest BCUT2D eigenvalue weighted by atomic mass is 16.7. The molecular formula is C31H33N2O2+. The van der Waals surface area contributed by atoms with Crippen LogP contribution in [0.5, 0.6) is 11.5 Å². The lowest BCUT2D eigenvalue weighted by Crippen LogP contribution is -2.55. The minimum absolute atomic E-state index is 0.320. The number of likely N-dealkylation sites (tertiary alicyclic amines) is 1. The van der Waals surface area contributed by atoms with Crippen molar-refractivity contribution in [3.63, 3.8) is 0 Å². The van der Waals surface area contributed by atoms with Crippen molar-refractivity contribution in [3.05, 3.63) is 95.6 Å². The van der Waals surface area contributed by atoms with Crippen molar-refractivity contribution in [2.24, 2.45) is 17.8 Å². The van der Waals surface area contributed by atoms with Crippen LogP contribution in [0.15, 0.2) is 78.9 Å². The van der Waals surface area contributed by atoms with Gasteiger partial charge < -0.3 is 14.0 Å². The van der Waals surface area contributed by atoms with Gasteiger partial charge in [-0.3, -0.25) is 0 Å². The Morgan fingerprint density at radius 1 is 0.857 bits per heavy atom. The molecule has 0 aromatic heterocycles. The first-order chi connectivity index (χ1) is 17.1. The summed E-state index contributed by atoms with van der Waals surface area (Å²) in [6.07, 6.45) is 3.45. The van der Waals surface area contributed by atoms with E-state index in [9.17, 15) is 5.26 Å². The van der Waals surface area contributed by atoms with Crippen LogP contribution in [-0.4, -0.2) is 31.4 Å². The van der Waals surface area contributed by atoms with E-state index in [1.165, 1.54) is 31.5 Å². The first-order valence-electron chi connectivity index (χ1n) is 12.8. The van der Waals surface area contributed by atoms with Crippen molar-refractivity contribution < 1.29 is 14.0 Å². The average molecular weight is 466 g/mol. The highest BCUT2D eigenvalue weighted by Crippen LogP contribution is 2.51. The van der Waals surface area contributed by atoms with E-state index in [1.807, 2.05) is 18.2 Å². The van der Waals surface area contributed by atoms with Gasteiger partial charge in [-0.25, -0.2) is 0 Å². The molecule has 4 nitrogen and oxygen atoms in total. The number of hydrogen-bond donors (Lipinski definition) is 0. The van der Waals surface area contributed by atoms with Gasteiger partial charge in [-0.05, 0) is 54.5 Å². The lowest BCUT2D eigenvalue weighted by Gasteiger charge is -2.46. The Morgan fingerprint density at radius 3 is 2.06 bits per heavy atom. The summed E-state index contributed by atoms with van der Waals surface area (Å²) in [5, 5.41) is 10.7. The van der Waals surface area contributed by atoms with Gasteiger partial charge in [-0.2, -0.15) is 5.26 Å².